The number of carbonyl (C=O) groups excluding carboxylic acids is 1. The first kappa shape index (κ1) is 18.3. The molecule has 2 saturated heterocycles. The number of halogens is 2. The quantitative estimate of drug-likeness (QED) is 0.909. The summed E-state index contributed by atoms with van der Waals surface area (Å²) in [6.45, 7) is 6.08. The summed E-state index contributed by atoms with van der Waals surface area (Å²) >= 11 is 0. The van der Waals surface area contributed by atoms with E-state index in [0.717, 1.165) is 38.4 Å². The van der Waals surface area contributed by atoms with Crippen LogP contribution in [0.15, 0.2) is 18.2 Å². The van der Waals surface area contributed by atoms with E-state index >= 15 is 0 Å². The SMILES string of the molecule is CC(=O)N1CC2(CCN(Cc3cccc(F)c3F)CC2)C[C@]1(C)CO. The number of benzene rings is 1. The third-order valence-electron chi connectivity index (χ3n) is 5.96. The van der Waals surface area contributed by atoms with Crippen molar-refractivity contribution in [2.24, 2.45) is 5.41 Å². The molecule has 6 heteroatoms. The molecular formula is C19H26F2N2O2. The summed E-state index contributed by atoms with van der Waals surface area (Å²) in [5.41, 5.74) is -0.101. The number of nitrogens with zero attached hydrogens (tertiary/aromatic N) is 2. The van der Waals surface area contributed by atoms with E-state index in [4.69, 9.17) is 0 Å². The molecule has 0 radical (unpaired) electrons. The number of rotatable bonds is 3. The minimum absolute atomic E-state index is 0.00214. The Hall–Kier alpha value is -1.53. The van der Waals surface area contributed by atoms with Crippen molar-refractivity contribution >= 4 is 5.91 Å². The topological polar surface area (TPSA) is 43.8 Å². The van der Waals surface area contributed by atoms with Crippen LogP contribution in [-0.2, 0) is 11.3 Å². The molecule has 3 rings (SSSR count). The van der Waals surface area contributed by atoms with Gasteiger partial charge in [0.05, 0.1) is 12.1 Å². The average Bonchev–Trinajstić information content (AvgIpc) is 2.88. The molecule has 0 unspecified atom stereocenters. The molecule has 4 nitrogen and oxygen atoms in total. The molecule has 2 aliphatic rings. The highest BCUT2D eigenvalue weighted by Gasteiger charge is 2.52. The summed E-state index contributed by atoms with van der Waals surface area (Å²) in [4.78, 5) is 15.9. The maximum atomic E-state index is 13.9. The molecule has 0 saturated carbocycles. The summed E-state index contributed by atoms with van der Waals surface area (Å²) in [5.74, 6) is -1.57. The van der Waals surface area contributed by atoms with Gasteiger partial charge in [-0.3, -0.25) is 9.69 Å². The van der Waals surface area contributed by atoms with Gasteiger partial charge in [0.15, 0.2) is 11.6 Å². The van der Waals surface area contributed by atoms with E-state index in [0.29, 0.717) is 18.7 Å². The van der Waals surface area contributed by atoms with E-state index < -0.39 is 17.2 Å². The first-order valence-electron chi connectivity index (χ1n) is 8.83. The van der Waals surface area contributed by atoms with Crippen molar-refractivity contribution < 1.29 is 18.7 Å². The van der Waals surface area contributed by atoms with Gasteiger partial charge in [-0.15, -0.1) is 0 Å². The lowest BCUT2D eigenvalue weighted by Crippen LogP contribution is -2.46. The molecule has 0 aromatic heterocycles. The highest BCUT2D eigenvalue weighted by Crippen LogP contribution is 2.48. The van der Waals surface area contributed by atoms with Crippen LogP contribution in [-0.4, -0.2) is 52.6 Å². The molecule has 138 valence electrons. The molecule has 0 aliphatic carbocycles. The number of piperidine rings is 1. The Kier molecular flexibility index (Phi) is 4.86. The monoisotopic (exact) mass is 352 g/mol. The van der Waals surface area contributed by atoms with Crippen molar-refractivity contribution in [3.05, 3.63) is 35.4 Å². The third kappa shape index (κ3) is 3.42. The van der Waals surface area contributed by atoms with E-state index in [-0.39, 0.29) is 17.9 Å². The lowest BCUT2D eigenvalue weighted by molar-refractivity contribution is -0.134. The van der Waals surface area contributed by atoms with Crippen LogP contribution in [0.25, 0.3) is 0 Å². The Morgan fingerprint density at radius 3 is 2.52 bits per heavy atom. The third-order valence-corrected chi connectivity index (χ3v) is 5.96. The van der Waals surface area contributed by atoms with Gasteiger partial charge in [0.2, 0.25) is 5.91 Å². The van der Waals surface area contributed by atoms with E-state index in [1.165, 1.54) is 6.07 Å². The van der Waals surface area contributed by atoms with Gasteiger partial charge in [-0.05, 0) is 50.8 Å². The predicted molar refractivity (Wildman–Crippen MR) is 90.8 cm³/mol. The van der Waals surface area contributed by atoms with E-state index in [1.54, 1.807) is 17.9 Å². The molecule has 1 aromatic rings. The van der Waals surface area contributed by atoms with Crippen LogP contribution in [0, 0.1) is 17.0 Å². The zero-order valence-electron chi connectivity index (χ0n) is 14.9. The molecule has 1 spiro atoms. The Morgan fingerprint density at radius 1 is 1.28 bits per heavy atom. The van der Waals surface area contributed by atoms with Crippen molar-refractivity contribution in [1.29, 1.82) is 0 Å². The second kappa shape index (κ2) is 6.65. The van der Waals surface area contributed by atoms with Crippen LogP contribution >= 0.6 is 0 Å². The summed E-state index contributed by atoms with van der Waals surface area (Å²) in [6, 6.07) is 4.29. The highest BCUT2D eigenvalue weighted by molar-refractivity contribution is 5.74. The first-order valence-corrected chi connectivity index (χ1v) is 8.83. The Balaban J connectivity index is 1.66. The zero-order chi connectivity index (χ0) is 18.2. The second-order valence-corrected chi connectivity index (χ2v) is 7.93. The van der Waals surface area contributed by atoms with Gasteiger partial charge in [-0.2, -0.15) is 0 Å². The van der Waals surface area contributed by atoms with E-state index in [2.05, 4.69) is 4.90 Å². The predicted octanol–water partition coefficient (Wildman–Crippen LogP) is 2.55. The van der Waals surface area contributed by atoms with E-state index in [1.807, 2.05) is 6.92 Å². The van der Waals surface area contributed by atoms with Crippen molar-refractivity contribution in [2.75, 3.05) is 26.2 Å². The van der Waals surface area contributed by atoms with Crippen molar-refractivity contribution in [3.8, 4) is 0 Å². The summed E-state index contributed by atoms with van der Waals surface area (Å²) in [5, 5.41) is 9.78. The van der Waals surface area contributed by atoms with Crippen LogP contribution in [0.2, 0.25) is 0 Å². The highest BCUT2D eigenvalue weighted by atomic mass is 19.2. The molecule has 1 aromatic carbocycles. The average molecular weight is 352 g/mol. The van der Waals surface area contributed by atoms with Crippen molar-refractivity contribution in [1.82, 2.24) is 9.80 Å². The fourth-order valence-electron chi connectivity index (χ4n) is 4.55. The van der Waals surface area contributed by atoms with Crippen molar-refractivity contribution in [2.45, 2.75) is 45.2 Å². The van der Waals surface area contributed by atoms with Gasteiger partial charge in [0.25, 0.3) is 0 Å². The molecule has 2 heterocycles. The van der Waals surface area contributed by atoms with E-state index in [9.17, 15) is 18.7 Å². The minimum Gasteiger partial charge on any atom is -0.394 e. The number of aliphatic hydroxyl groups excluding tert-OH is 1. The maximum Gasteiger partial charge on any atom is 0.219 e. The maximum absolute atomic E-state index is 13.9. The molecule has 0 bridgehead atoms. The smallest absolute Gasteiger partial charge is 0.219 e. The largest absolute Gasteiger partial charge is 0.394 e. The van der Waals surface area contributed by atoms with Gasteiger partial charge in [-0.1, -0.05) is 12.1 Å². The molecule has 1 amide bonds. The van der Waals surface area contributed by atoms with Crippen molar-refractivity contribution in [3.63, 3.8) is 0 Å². The van der Waals surface area contributed by atoms with Gasteiger partial charge < -0.3 is 10.0 Å². The van der Waals surface area contributed by atoms with Crippen LogP contribution in [0.3, 0.4) is 0 Å². The lowest BCUT2D eigenvalue weighted by atomic mass is 9.74. The van der Waals surface area contributed by atoms with Gasteiger partial charge in [-0.25, -0.2) is 8.78 Å². The fraction of sp³-hybridized carbons (Fsp3) is 0.632. The standard InChI is InChI=1S/C19H26F2N2O2/c1-14(25)23-12-19(11-18(23,2)13-24)6-8-22(9-7-19)10-15-4-3-5-16(20)17(15)21/h3-5,24H,6-13H2,1-2H3/t18-/m1/s1. The normalized spacial score (nSPS) is 26.4. The zero-order valence-corrected chi connectivity index (χ0v) is 14.9. The molecule has 1 atom stereocenters. The van der Waals surface area contributed by atoms with Gasteiger partial charge in [0, 0.05) is 25.6 Å². The Bertz CT molecular complexity index is 659. The summed E-state index contributed by atoms with van der Waals surface area (Å²) < 4.78 is 27.2. The molecular weight excluding hydrogens is 326 g/mol. The molecule has 25 heavy (non-hydrogen) atoms. The Morgan fingerprint density at radius 2 is 1.96 bits per heavy atom. The number of carbonyl (C=O) groups is 1. The number of likely N-dealkylation sites (tertiary alicyclic amines) is 2. The van der Waals surface area contributed by atoms with Crippen LogP contribution in [0.4, 0.5) is 8.78 Å². The van der Waals surface area contributed by atoms with Crippen LogP contribution in [0.1, 0.15) is 38.7 Å². The Labute approximate surface area is 147 Å². The van der Waals surface area contributed by atoms with Crippen LogP contribution < -0.4 is 0 Å². The molecule has 1 N–H and O–H groups in total. The summed E-state index contributed by atoms with van der Waals surface area (Å²) in [7, 11) is 0. The summed E-state index contributed by atoms with van der Waals surface area (Å²) in [6.07, 6.45) is 2.57. The minimum atomic E-state index is -0.808. The number of hydrogen-bond donors (Lipinski definition) is 1. The van der Waals surface area contributed by atoms with Gasteiger partial charge in [0.1, 0.15) is 0 Å². The molecule has 2 aliphatic heterocycles. The van der Waals surface area contributed by atoms with Crippen LogP contribution in [0.5, 0.6) is 0 Å². The lowest BCUT2D eigenvalue weighted by Gasteiger charge is -2.39. The first-order chi connectivity index (χ1) is 11.8. The number of hydrogen-bond acceptors (Lipinski definition) is 3. The molecule has 2 fully saturated rings. The fourth-order valence-corrected chi connectivity index (χ4v) is 4.55. The number of aliphatic hydroxyl groups is 1. The van der Waals surface area contributed by atoms with Gasteiger partial charge >= 0.3 is 0 Å². The number of amides is 1. The second-order valence-electron chi connectivity index (χ2n) is 7.93.